The lowest BCUT2D eigenvalue weighted by Gasteiger charge is -2.18. The van der Waals surface area contributed by atoms with E-state index in [2.05, 4.69) is 16.0 Å². The number of fused-ring (bicyclic) bond motifs is 1. The van der Waals surface area contributed by atoms with Crippen LogP contribution in [0.25, 0.3) is 0 Å². The molecule has 0 spiro atoms. The molecule has 3 amide bonds. The molecule has 0 aromatic heterocycles. The van der Waals surface area contributed by atoms with Crippen LogP contribution >= 0.6 is 0 Å². The molecule has 1 aromatic rings. The Morgan fingerprint density at radius 2 is 2.33 bits per heavy atom. The van der Waals surface area contributed by atoms with Gasteiger partial charge in [0.25, 0.3) is 5.91 Å². The summed E-state index contributed by atoms with van der Waals surface area (Å²) in [6, 6.07) is 4.83. The Labute approximate surface area is 105 Å². The Kier molecular flexibility index (Phi) is 3.66. The van der Waals surface area contributed by atoms with Gasteiger partial charge in [0.1, 0.15) is 5.75 Å². The van der Waals surface area contributed by atoms with E-state index in [0.717, 1.165) is 6.42 Å². The van der Waals surface area contributed by atoms with Gasteiger partial charge in [-0.1, -0.05) is 6.92 Å². The number of hydrogen-bond acceptors (Lipinski definition) is 3. The average molecular weight is 249 g/mol. The molecule has 1 heterocycles. The molecule has 1 aliphatic heterocycles. The van der Waals surface area contributed by atoms with Gasteiger partial charge >= 0.3 is 6.03 Å². The highest BCUT2D eigenvalue weighted by Gasteiger charge is 2.16. The van der Waals surface area contributed by atoms with Crippen LogP contribution in [0.5, 0.6) is 5.75 Å². The molecule has 6 heteroatoms. The zero-order chi connectivity index (χ0) is 13.0. The van der Waals surface area contributed by atoms with E-state index >= 15 is 0 Å². The van der Waals surface area contributed by atoms with Crippen molar-refractivity contribution < 1.29 is 14.3 Å². The number of nitrogens with one attached hydrogen (secondary N) is 3. The Morgan fingerprint density at radius 3 is 3.11 bits per heavy atom. The van der Waals surface area contributed by atoms with Gasteiger partial charge < -0.3 is 20.7 Å². The summed E-state index contributed by atoms with van der Waals surface area (Å²) < 4.78 is 5.26. The molecule has 1 aromatic carbocycles. The third-order valence-corrected chi connectivity index (χ3v) is 2.41. The number of ether oxygens (including phenoxy) is 1. The molecule has 96 valence electrons. The van der Waals surface area contributed by atoms with Crippen LogP contribution in [-0.4, -0.2) is 25.1 Å². The van der Waals surface area contributed by atoms with Gasteiger partial charge in [-0.15, -0.1) is 0 Å². The minimum absolute atomic E-state index is 0.00150. The lowest BCUT2D eigenvalue weighted by Crippen LogP contribution is -2.29. The first-order valence-corrected chi connectivity index (χ1v) is 5.80. The predicted octanol–water partition coefficient (Wildman–Crippen LogP) is 1.55. The number of carbonyl (C=O) groups is 2. The lowest BCUT2D eigenvalue weighted by atomic mass is 10.2. The van der Waals surface area contributed by atoms with Crippen LogP contribution in [0.4, 0.5) is 16.2 Å². The number of carbonyl (C=O) groups excluding carboxylic acids is 2. The largest absolute Gasteiger partial charge is 0.482 e. The van der Waals surface area contributed by atoms with Crippen molar-refractivity contribution in [3.05, 3.63) is 18.2 Å². The van der Waals surface area contributed by atoms with Gasteiger partial charge in [0.15, 0.2) is 6.61 Å². The Bertz CT molecular complexity index is 474. The van der Waals surface area contributed by atoms with E-state index in [1.807, 2.05) is 6.92 Å². The fraction of sp³-hybridized carbons (Fsp3) is 0.333. The molecular weight excluding hydrogens is 234 g/mol. The quantitative estimate of drug-likeness (QED) is 0.760. The number of rotatable bonds is 3. The third-order valence-electron chi connectivity index (χ3n) is 2.41. The van der Waals surface area contributed by atoms with Crippen molar-refractivity contribution in [3.63, 3.8) is 0 Å². The maximum Gasteiger partial charge on any atom is 0.319 e. The number of benzene rings is 1. The molecule has 6 nitrogen and oxygen atoms in total. The van der Waals surface area contributed by atoms with Crippen LogP contribution in [-0.2, 0) is 4.79 Å². The maximum atomic E-state index is 11.5. The van der Waals surface area contributed by atoms with Gasteiger partial charge in [-0.2, -0.15) is 0 Å². The zero-order valence-corrected chi connectivity index (χ0v) is 10.1. The van der Waals surface area contributed by atoms with Crippen LogP contribution < -0.4 is 20.7 Å². The maximum absolute atomic E-state index is 11.5. The van der Waals surface area contributed by atoms with Crippen molar-refractivity contribution in [3.8, 4) is 5.75 Å². The zero-order valence-electron chi connectivity index (χ0n) is 10.1. The van der Waals surface area contributed by atoms with Crippen LogP contribution in [0.15, 0.2) is 18.2 Å². The van der Waals surface area contributed by atoms with Gasteiger partial charge in [0.2, 0.25) is 0 Å². The highest BCUT2D eigenvalue weighted by Crippen LogP contribution is 2.30. The summed E-state index contributed by atoms with van der Waals surface area (Å²) in [6.45, 7) is 2.61. The Morgan fingerprint density at radius 1 is 1.50 bits per heavy atom. The number of amides is 3. The van der Waals surface area contributed by atoms with Gasteiger partial charge in [-0.25, -0.2) is 4.79 Å². The van der Waals surface area contributed by atoms with Crippen molar-refractivity contribution in [2.75, 3.05) is 23.8 Å². The SMILES string of the molecule is CCCNC(=O)Nc1ccc2c(c1)OCC(=O)N2. The van der Waals surface area contributed by atoms with E-state index in [9.17, 15) is 9.59 Å². The van der Waals surface area contributed by atoms with Gasteiger partial charge in [0, 0.05) is 18.3 Å². The molecular formula is C12H15N3O3. The van der Waals surface area contributed by atoms with Crippen LogP contribution in [0.3, 0.4) is 0 Å². The first-order valence-electron chi connectivity index (χ1n) is 5.80. The summed E-state index contributed by atoms with van der Waals surface area (Å²) in [4.78, 5) is 22.5. The minimum Gasteiger partial charge on any atom is -0.482 e. The summed E-state index contributed by atoms with van der Waals surface area (Å²) in [5.41, 5.74) is 1.24. The molecule has 0 radical (unpaired) electrons. The highest BCUT2D eigenvalue weighted by atomic mass is 16.5. The molecule has 2 rings (SSSR count). The Hall–Kier alpha value is -2.24. The number of anilines is 2. The fourth-order valence-corrected chi connectivity index (χ4v) is 1.57. The van der Waals surface area contributed by atoms with Gasteiger partial charge in [-0.3, -0.25) is 4.79 Å². The van der Waals surface area contributed by atoms with Crippen LogP contribution in [0, 0.1) is 0 Å². The summed E-state index contributed by atoms with van der Waals surface area (Å²) in [7, 11) is 0. The molecule has 1 aliphatic rings. The van der Waals surface area contributed by atoms with E-state index in [1.54, 1.807) is 18.2 Å². The second-order valence-corrected chi connectivity index (χ2v) is 3.93. The molecule has 18 heavy (non-hydrogen) atoms. The van der Waals surface area contributed by atoms with Crippen molar-refractivity contribution in [1.29, 1.82) is 0 Å². The van der Waals surface area contributed by atoms with E-state index < -0.39 is 0 Å². The molecule has 0 atom stereocenters. The topological polar surface area (TPSA) is 79.5 Å². The van der Waals surface area contributed by atoms with Crippen LogP contribution in [0.2, 0.25) is 0 Å². The first kappa shape index (κ1) is 12.2. The second kappa shape index (κ2) is 5.39. The molecule has 0 unspecified atom stereocenters. The Balaban J connectivity index is 2.03. The second-order valence-electron chi connectivity index (χ2n) is 3.93. The highest BCUT2D eigenvalue weighted by molar-refractivity contribution is 5.96. The van der Waals surface area contributed by atoms with Gasteiger partial charge in [0.05, 0.1) is 5.69 Å². The molecule has 0 saturated heterocycles. The number of hydrogen-bond donors (Lipinski definition) is 3. The molecule has 3 N–H and O–H groups in total. The molecule has 0 bridgehead atoms. The average Bonchev–Trinajstić information content (AvgIpc) is 2.36. The summed E-state index contributed by atoms with van der Waals surface area (Å²) >= 11 is 0. The van der Waals surface area contributed by atoms with E-state index in [1.165, 1.54) is 0 Å². The number of urea groups is 1. The molecule has 0 fully saturated rings. The predicted molar refractivity (Wildman–Crippen MR) is 67.9 cm³/mol. The van der Waals surface area contributed by atoms with Crippen LogP contribution in [0.1, 0.15) is 13.3 Å². The van der Waals surface area contributed by atoms with Crippen molar-refractivity contribution in [2.24, 2.45) is 0 Å². The monoisotopic (exact) mass is 249 g/mol. The van der Waals surface area contributed by atoms with Gasteiger partial charge in [-0.05, 0) is 18.6 Å². The summed E-state index contributed by atoms with van der Waals surface area (Å²) in [5.74, 6) is 0.381. The fourth-order valence-electron chi connectivity index (χ4n) is 1.57. The van der Waals surface area contributed by atoms with E-state index in [-0.39, 0.29) is 18.5 Å². The van der Waals surface area contributed by atoms with Crippen molar-refractivity contribution in [2.45, 2.75) is 13.3 Å². The first-order chi connectivity index (χ1) is 8.69. The smallest absolute Gasteiger partial charge is 0.319 e. The third kappa shape index (κ3) is 2.91. The summed E-state index contributed by atoms with van der Waals surface area (Å²) in [5, 5.41) is 8.09. The van der Waals surface area contributed by atoms with Crippen molar-refractivity contribution >= 4 is 23.3 Å². The van der Waals surface area contributed by atoms with E-state index in [0.29, 0.717) is 23.7 Å². The van der Waals surface area contributed by atoms with E-state index in [4.69, 9.17) is 4.74 Å². The normalized spacial score (nSPS) is 13.1. The molecule has 0 saturated carbocycles. The standard InChI is InChI=1S/C12H15N3O3/c1-2-5-13-12(17)14-8-3-4-9-10(6-8)18-7-11(16)15-9/h3-4,6H,2,5,7H2,1H3,(H,15,16)(H2,13,14,17). The summed E-state index contributed by atoms with van der Waals surface area (Å²) in [6.07, 6.45) is 0.882. The minimum atomic E-state index is -0.253. The molecule has 0 aliphatic carbocycles. The van der Waals surface area contributed by atoms with Crippen molar-refractivity contribution in [1.82, 2.24) is 5.32 Å². The lowest BCUT2D eigenvalue weighted by molar-refractivity contribution is -0.118.